The Morgan fingerprint density at radius 2 is 1.96 bits per heavy atom. The summed E-state index contributed by atoms with van der Waals surface area (Å²) in [7, 11) is 0. The standard InChI is InChI=1S/C18H12ClN3O3/c1-10-2-4-12(5-3-10)17-21-18(25-22-17)13(9-20)6-11-7-14(19)16(24)15(23)8-11/h2-8,23-24H,1H3/b13-6+. The molecule has 2 aromatic carbocycles. The van der Waals surface area contributed by atoms with Crippen molar-refractivity contribution in [3.8, 4) is 29.0 Å². The van der Waals surface area contributed by atoms with Crippen molar-refractivity contribution < 1.29 is 14.7 Å². The Morgan fingerprint density at radius 1 is 1.24 bits per heavy atom. The van der Waals surface area contributed by atoms with Crippen LogP contribution in [0.1, 0.15) is 17.0 Å². The number of hydrogen-bond acceptors (Lipinski definition) is 6. The van der Waals surface area contributed by atoms with Crippen molar-refractivity contribution in [3.63, 3.8) is 0 Å². The molecule has 2 N–H and O–H groups in total. The zero-order valence-electron chi connectivity index (χ0n) is 13.1. The zero-order chi connectivity index (χ0) is 18.0. The van der Waals surface area contributed by atoms with Crippen LogP contribution < -0.4 is 0 Å². The van der Waals surface area contributed by atoms with Crippen LogP contribution in [0.15, 0.2) is 40.9 Å². The highest BCUT2D eigenvalue weighted by atomic mass is 35.5. The van der Waals surface area contributed by atoms with Gasteiger partial charge >= 0.3 is 0 Å². The van der Waals surface area contributed by atoms with Gasteiger partial charge in [-0.2, -0.15) is 10.2 Å². The van der Waals surface area contributed by atoms with E-state index in [0.29, 0.717) is 11.4 Å². The number of allylic oxidation sites excluding steroid dienone is 1. The fourth-order valence-electron chi connectivity index (χ4n) is 2.15. The normalized spacial score (nSPS) is 11.3. The second-order valence-corrected chi connectivity index (χ2v) is 5.74. The number of nitrogens with zero attached hydrogens (tertiary/aromatic N) is 3. The maximum absolute atomic E-state index is 9.61. The Hall–Kier alpha value is -3.30. The van der Waals surface area contributed by atoms with Crippen molar-refractivity contribution >= 4 is 23.3 Å². The number of aromatic hydroxyl groups is 2. The van der Waals surface area contributed by atoms with Crippen LogP contribution in [0.2, 0.25) is 5.02 Å². The van der Waals surface area contributed by atoms with E-state index < -0.39 is 5.75 Å². The van der Waals surface area contributed by atoms with Gasteiger partial charge in [-0.1, -0.05) is 46.6 Å². The molecule has 0 aliphatic carbocycles. The van der Waals surface area contributed by atoms with Gasteiger partial charge in [0.2, 0.25) is 5.82 Å². The first-order valence-corrected chi connectivity index (χ1v) is 7.60. The van der Waals surface area contributed by atoms with Gasteiger partial charge in [-0.05, 0) is 30.7 Å². The summed E-state index contributed by atoms with van der Waals surface area (Å²) < 4.78 is 5.16. The number of aryl methyl sites for hydroxylation is 1. The first-order valence-electron chi connectivity index (χ1n) is 7.22. The number of benzene rings is 2. The van der Waals surface area contributed by atoms with Crippen LogP contribution in [-0.2, 0) is 0 Å². The number of phenols is 2. The third kappa shape index (κ3) is 3.47. The topological polar surface area (TPSA) is 103 Å². The van der Waals surface area contributed by atoms with Crippen LogP contribution >= 0.6 is 11.6 Å². The molecule has 0 atom stereocenters. The fourth-order valence-corrected chi connectivity index (χ4v) is 2.37. The molecular weight excluding hydrogens is 342 g/mol. The van der Waals surface area contributed by atoms with E-state index in [4.69, 9.17) is 16.1 Å². The molecule has 0 bridgehead atoms. The van der Waals surface area contributed by atoms with Crippen molar-refractivity contribution in [2.75, 3.05) is 0 Å². The average molecular weight is 354 g/mol. The summed E-state index contributed by atoms with van der Waals surface area (Å²) in [5.74, 6) is -0.400. The molecule has 0 saturated carbocycles. The van der Waals surface area contributed by atoms with Crippen molar-refractivity contribution in [3.05, 3.63) is 58.4 Å². The highest BCUT2D eigenvalue weighted by Gasteiger charge is 2.14. The molecule has 6 nitrogen and oxygen atoms in total. The molecule has 0 spiro atoms. The number of rotatable bonds is 3. The van der Waals surface area contributed by atoms with Crippen LogP contribution in [0.3, 0.4) is 0 Å². The van der Waals surface area contributed by atoms with Gasteiger partial charge in [-0.25, -0.2) is 0 Å². The van der Waals surface area contributed by atoms with E-state index in [-0.39, 0.29) is 22.2 Å². The van der Waals surface area contributed by atoms with E-state index in [0.717, 1.165) is 11.1 Å². The molecule has 0 fully saturated rings. The van der Waals surface area contributed by atoms with E-state index in [1.54, 1.807) is 0 Å². The second-order valence-electron chi connectivity index (χ2n) is 5.33. The molecule has 7 heteroatoms. The Kier molecular flexibility index (Phi) is 4.42. The van der Waals surface area contributed by atoms with E-state index >= 15 is 0 Å². The Morgan fingerprint density at radius 3 is 2.60 bits per heavy atom. The quantitative estimate of drug-likeness (QED) is 0.541. The summed E-state index contributed by atoms with van der Waals surface area (Å²) in [5.41, 5.74) is 2.39. The van der Waals surface area contributed by atoms with Crippen LogP contribution in [0.5, 0.6) is 11.5 Å². The maximum atomic E-state index is 9.61. The number of halogens is 1. The Balaban J connectivity index is 1.97. The third-order valence-electron chi connectivity index (χ3n) is 3.46. The van der Waals surface area contributed by atoms with Crippen molar-refractivity contribution in [1.82, 2.24) is 10.1 Å². The number of phenolic OH excluding ortho intramolecular Hbond substituents is 2. The van der Waals surface area contributed by atoms with Gasteiger partial charge in [0.05, 0.1) is 5.02 Å². The average Bonchev–Trinajstić information content (AvgIpc) is 3.08. The molecule has 1 aromatic heterocycles. The van der Waals surface area contributed by atoms with Crippen molar-refractivity contribution in [2.24, 2.45) is 0 Å². The summed E-state index contributed by atoms with van der Waals surface area (Å²) in [6, 6.07) is 12.2. The molecule has 0 unspecified atom stereocenters. The predicted octanol–water partition coefficient (Wildman–Crippen LogP) is 4.17. The van der Waals surface area contributed by atoms with E-state index in [9.17, 15) is 15.5 Å². The van der Waals surface area contributed by atoms with Crippen LogP contribution in [0.25, 0.3) is 23.0 Å². The molecule has 25 heavy (non-hydrogen) atoms. The lowest BCUT2D eigenvalue weighted by Gasteiger charge is -2.02. The van der Waals surface area contributed by atoms with Crippen LogP contribution in [-0.4, -0.2) is 20.4 Å². The highest BCUT2D eigenvalue weighted by molar-refractivity contribution is 6.32. The lowest BCUT2D eigenvalue weighted by molar-refractivity contribution is 0.404. The molecule has 0 aliphatic heterocycles. The minimum absolute atomic E-state index is 0.0330. The molecular formula is C18H12ClN3O3. The summed E-state index contributed by atoms with van der Waals surface area (Å²) in [6.07, 6.45) is 1.43. The summed E-state index contributed by atoms with van der Waals surface area (Å²) in [6.45, 7) is 1.97. The predicted molar refractivity (Wildman–Crippen MR) is 92.7 cm³/mol. The van der Waals surface area contributed by atoms with Crippen molar-refractivity contribution in [1.29, 1.82) is 5.26 Å². The first-order chi connectivity index (χ1) is 12.0. The summed E-state index contributed by atoms with van der Waals surface area (Å²) in [4.78, 5) is 4.23. The second kappa shape index (κ2) is 6.67. The lowest BCUT2D eigenvalue weighted by atomic mass is 10.1. The largest absolute Gasteiger partial charge is 0.504 e. The molecule has 0 saturated heterocycles. The summed E-state index contributed by atoms with van der Waals surface area (Å²) in [5, 5.41) is 32.3. The van der Waals surface area contributed by atoms with Gasteiger partial charge in [-0.15, -0.1) is 0 Å². The lowest BCUT2D eigenvalue weighted by Crippen LogP contribution is -1.85. The Bertz CT molecular complexity index is 978. The molecule has 3 rings (SSSR count). The molecule has 0 aliphatic rings. The molecule has 124 valence electrons. The van der Waals surface area contributed by atoms with Gasteiger partial charge in [0.25, 0.3) is 5.89 Å². The van der Waals surface area contributed by atoms with Gasteiger partial charge < -0.3 is 14.7 Å². The maximum Gasteiger partial charge on any atom is 0.268 e. The first kappa shape index (κ1) is 16.6. The summed E-state index contributed by atoms with van der Waals surface area (Å²) >= 11 is 5.82. The molecule has 0 radical (unpaired) electrons. The van der Waals surface area contributed by atoms with Gasteiger partial charge in [0, 0.05) is 5.56 Å². The van der Waals surface area contributed by atoms with E-state index in [1.807, 2.05) is 37.3 Å². The highest BCUT2D eigenvalue weighted by Crippen LogP contribution is 2.35. The zero-order valence-corrected chi connectivity index (χ0v) is 13.8. The van der Waals surface area contributed by atoms with Crippen LogP contribution in [0, 0.1) is 18.3 Å². The fraction of sp³-hybridized carbons (Fsp3) is 0.0556. The Labute approximate surface area is 148 Å². The minimum Gasteiger partial charge on any atom is -0.504 e. The van der Waals surface area contributed by atoms with Crippen molar-refractivity contribution in [2.45, 2.75) is 6.92 Å². The third-order valence-corrected chi connectivity index (χ3v) is 3.75. The van der Waals surface area contributed by atoms with Gasteiger partial charge in [0.15, 0.2) is 11.5 Å². The molecule has 0 amide bonds. The molecule has 3 aromatic rings. The van der Waals surface area contributed by atoms with E-state index in [1.165, 1.54) is 18.2 Å². The number of hydrogen-bond donors (Lipinski definition) is 2. The van der Waals surface area contributed by atoms with Gasteiger partial charge in [0.1, 0.15) is 11.6 Å². The molecule has 1 heterocycles. The monoisotopic (exact) mass is 353 g/mol. The smallest absolute Gasteiger partial charge is 0.268 e. The number of aromatic nitrogens is 2. The van der Waals surface area contributed by atoms with Crippen LogP contribution in [0.4, 0.5) is 0 Å². The number of nitriles is 1. The minimum atomic E-state index is -0.420. The van der Waals surface area contributed by atoms with E-state index in [2.05, 4.69) is 10.1 Å². The van der Waals surface area contributed by atoms with Gasteiger partial charge in [-0.3, -0.25) is 0 Å². The SMILES string of the molecule is Cc1ccc(-c2noc(/C(C#N)=C/c3cc(O)c(O)c(Cl)c3)n2)cc1.